The monoisotopic (exact) mass is 621 g/mol. The van der Waals surface area contributed by atoms with Gasteiger partial charge >= 0.3 is 12.1 Å². The highest BCUT2D eigenvalue weighted by Crippen LogP contribution is 2.49. The van der Waals surface area contributed by atoms with Crippen molar-refractivity contribution in [1.29, 1.82) is 0 Å². The van der Waals surface area contributed by atoms with Gasteiger partial charge in [-0.3, -0.25) is 0 Å². The summed E-state index contributed by atoms with van der Waals surface area (Å²) in [5.41, 5.74) is 1.80. The first-order chi connectivity index (χ1) is 19.6. The van der Waals surface area contributed by atoms with Crippen molar-refractivity contribution in [3.8, 4) is 17.2 Å². The fraction of sp³-hybridized carbons (Fsp3) is 0.600. The summed E-state index contributed by atoms with van der Waals surface area (Å²) in [6.07, 6.45) is -0.945. The van der Waals surface area contributed by atoms with Gasteiger partial charge in [-0.15, -0.1) is 0 Å². The van der Waals surface area contributed by atoms with Crippen LogP contribution >= 0.6 is 0 Å². The van der Waals surface area contributed by atoms with Crippen molar-refractivity contribution in [2.45, 2.75) is 94.6 Å². The highest BCUT2D eigenvalue weighted by Gasteiger charge is 2.56. The molecule has 12 heteroatoms. The normalized spacial score (nSPS) is 19.3. The standard InChI is InChI=1S/C30H40F5NO5S/c1-28(22-11-13-23(37)14-12-22)21-41-27-20-24(38)15-16-25(27)26(28)10-7-5-3-2-4-6-8-18-36-42(39,40)19-9-17-29(31,32)30(33,34)35/h11-16,20,26,36-38H,2-10,17-19,21H2,1H3. The molecule has 3 N–H and O–H groups in total. The number of nitrogens with one attached hydrogen (secondary N) is 1. The molecule has 2 aromatic rings. The Bertz CT molecular complexity index is 1250. The van der Waals surface area contributed by atoms with E-state index in [0.29, 0.717) is 18.8 Å². The quantitative estimate of drug-likeness (QED) is 0.133. The summed E-state index contributed by atoms with van der Waals surface area (Å²) >= 11 is 0. The molecule has 0 aromatic heterocycles. The number of fused-ring (bicyclic) bond motifs is 1. The van der Waals surface area contributed by atoms with Crippen molar-refractivity contribution < 1.29 is 45.3 Å². The number of halogens is 5. The number of phenolic OH excluding ortho intramolecular Hbond substituents is 2. The molecule has 1 aliphatic heterocycles. The lowest BCUT2D eigenvalue weighted by Crippen LogP contribution is -2.40. The Hall–Kier alpha value is -2.60. The maximum absolute atomic E-state index is 12.9. The van der Waals surface area contributed by atoms with Crippen LogP contribution in [-0.2, 0) is 15.4 Å². The third kappa shape index (κ3) is 9.20. The van der Waals surface area contributed by atoms with Crippen LogP contribution in [-0.4, -0.2) is 49.6 Å². The van der Waals surface area contributed by atoms with E-state index in [2.05, 4.69) is 11.6 Å². The number of rotatable bonds is 16. The lowest BCUT2D eigenvalue weighted by molar-refractivity contribution is -0.284. The number of unbranched alkanes of at least 4 members (excludes halogenated alkanes) is 6. The topological polar surface area (TPSA) is 95.9 Å². The van der Waals surface area contributed by atoms with Crippen LogP contribution in [0.3, 0.4) is 0 Å². The smallest absolute Gasteiger partial charge is 0.453 e. The van der Waals surface area contributed by atoms with Gasteiger partial charge in [-0.2, -0.15) is 22.0 Å². The Balaban J connectivity index is 1.37. The SMILES string of the molecule is CC1(c2ccc(O)cc2)COc2cc(O)ccc2C1CCCCCCCCCNS(=O)(=O)CCCC(F)(F)C(F)(F)F. The zero-order chi connectivity index (χ0) is 31.0. The van der Waals surface area contributed by atoms with E-state index in [4.69, 9.17) is 4.74 Å². The summed E-state index contributed by atoms with van der Waals surface area (Å²) in [6.45, 7) is 2.72. The minimum absolute atomic E-state index is 0.118. The van der Waals surface area contributed by atoms with E-state index in [1.807, 2.05) is 18.2 Å². The molecule has 2 unspecified atom stereocenters. The van der Waals surface area contributed by atoms with Gasteiger partial charge in [0.1, 0.15) is 17.2 Å². The molecule has 6 nitrogen and oxygen atoms in total. The Morgan fingerprint density at radius 1 is 0.881 bits per heavy atom. The number of ether oxygens (including phenoxy) is 1. The molecule has 42 heavy (non-hydrogen) atoms. The molecule has 1 aliphatic rings. The highest BCUT2D eigenvalue weighted by atomic mass is 32.2. The Labute approximate surface area is 244 Å². The number of sulfonamides is 1. The highest BCUT2D eigenvalue weighted by molar-refractivity contribution is 7.89. The fourth-order valence-electron chi connectivity index (χ4n) is 5.49. The van der Waals surface area contributed by atoms with Gasteiger partial charge in [0.2, 0.25) is 10.0 Å². The minimum atomic E-state index is -5.68. The first-order valence-electron chi connectivity index (χ1n) is 14.3. The molecule has 0 saturated carbocycles. The Morgan fingerprint density at radius 2 is 1.48 bits per heavy atom. The van der Waals surface area contributed by atoms with Crippen LogP contribution in [0.1, 0.15) is 88.2 Å². The van der Waals surface area contributed by atoms with E-state index < -0.39 is 40.7 Å². The first-order valence-corrected chi connectivity index (χ1v) is 16.0. The number of hydrogen-bond donors (Lipinski definition) is 3. The van der Waals surface area contributed by atoms with Crippen LogP contribution in [0.4, 0.5) is 22.0 Å². The molecule has 0 bridgehead atoms. The molecule has 0 saturated heterocycles. The molecule has 0 radical (unpaired) electrons. The third-order valence-electron chi connectivity index (χ3n) is 8.01. The molecule has 0 aliphatic carbocycles. The van der Waals surface area contributed by atoms with Crippen molar-refractivity contribution in [3.63, 3.8) is 0 Å². The van der Waals surface area contributed by atoms with Gasteiger partial charge in [-0.25, -0.2) is 13.1 Å². The maximum atomic E-state index is 12.9. The fourth-order valence-corrected chi connectivity index (χ4v) is 6.62. The van der Waals surface area contributed by atoms with Gasteiger partial charge in [0, 0.05) is 30.4 Å². The van der Waals surface area contributed by atoms with Gasteiger partial charge in [-0.1, -0.05) is 63.6 Å². The maximum Gasteiger partial charge on any atom is 0.453 e. The Kier molecular flexibility index (Phi) is 11.5. The van der Waals surface area contributed by atoms with Crippen molar-refractivity contribution in [2.24, 2.45) is 0 Å². The molecule has 2 aromatic carbocycles. The van der Waals surface area contributed by atoms with Gasteiger partial charge in [0.05, 0.1) is 12.4 Å². The second kappa shape index (κ2) is 14.2. The second-order valence-electron chi connectivity index (χ2n) is 11.3. The van der Waals surface area contributed by atoms with Gasteiger partial charge in [-0.05, 0) is 48.6 Å². The molecule has 236 valence electrons. The molecular formula is C30H40F5NO5S. The molecule has 0 amide bonds. The lowest BCUT2D eigenvalue weighted by atomic mass is 9.66. The van der Waals surface area contributed by atoms with E-state index in [0.717, 1.165) is 56.1 Å². The molecule has 1 heterocycles. The molecular weight excluding hydrogens is 581 g/mol. The number of benzene rings is 2. The predicted molar refractivity (Wildman–Crippen MR) is 151 cm³/mol. The average Bonchev–Trinajstić information content (AvgIpc) is 2.90. The van der Waals surface area contributed by atoms with Crippen LogP contribution in [0.5, 0.6) is 17.2 Å². The van der Waals surface area contributed by atoms with E-state index in [-0.39, 0.29) is 29.4 Å². The summed E-state index contributed by atoms with van der Waals surface area (Å²) in [5, 5.41) is 19.7. The number of phenols is 2. The summed E-state index contributed by atoms with van der Waals surface area (Å²) in [4.78, 5) is 0. The van der Waals surface area contributed by atoms with Crippen LogP contribution in [0.15, 0.2) is 42.5 Å². The van der Waals surface area contributed by atoms with Crippen LogP contribution < -0.4 is 9.46 Å². The third-order valence-corrected chi connectivity index (χ3v) is 9.48. The van der Waals surface area contributed by atoms with E-state index in [1.54, 1.807) is 24.3 Å². The van der Waals surface area contributed by atoms with Gasteiger partial charge in [0.15, 0.2) is 0 Å². The number of alkyl halides is 5. The van der Waals surface area contributed by atoms with Crippen molar-refractivity contribution in [1.82, 2.24) is 4.72 Å². The van der Waals surface area contributed by atoms with Gasteiger partial charge in [0.25, 0.3) is 0 Å². The molecule has 3 rings (SSSR count). The molecule has 0 fully saturated rings. The number of hydrogen-bond acceptors (Lipinski definition) is 5. The first kappa shape index (κ1) is 33.9. The second-order valence-corrected chi connectivity index (χ2v) is 13.2. The van der Waals surface area contributed by atoms with Crippen LogP contribution in [0, 0.1) is 0 Å². The molecule has 2 atom stereocenters. The van der Waals surface area contributed by atoms with E-state index >= 15 is 0 Å². The summed E-state index contributed by atoms with van der Waals surface area (Å²) in [6, 6.07) is 12.4. The molecule has 0 spiro atoms. The van der Waals surface area contributed by atoms with Crippen LogP contribution in [0.2, 0.25) is 0 Å². The largest absolute Gasteiger partial charge is 0.508 e. The average molecular weight is 622 g/mol. The summed E-state index contributed by atoms with van der Waals surface area (Å²) < 4.78 is 94.5. The Morgan fingerprint density at radius 3 is 2.12 bits per heavy atom. The zero-order valence-corrected chi connectivity index (χ0v) is 24.5. The summed E-state index contributed by atoms with van der Waals surface area (Å²) in [7, 11) is -3.91. The van der Waals surface area contributed by atoms with Gasteiger partial charge < -0.3 is 14.9 Å². The minimum Gasteiger partial charge on any atom is -0.508 e. The van der Waals surface area contributed by atoms with E-state index in [9.17, 15) is 40.6 Å². The lowest BCUT2D eigenvalue weighted by Gasteiger charge is -2.43. The zero-order valence-electron chi connectivity index (χ0n) is 23.7. The summed E-state index contributed by atoms with van der Waals surface area (Å²) in [5.74, 6) is -4.48. The predicted octanol–water partition coefficient (Wildman–Crippen LogP) is 7.55. The van der Waals surface area contributed by atoms with Crippen molar-refractivity contribution in [2.75, 3.05) is 18.9 Å². The van der Waals surface area contributed by atoms with Crippen LogP contribution in [0.25, 0.3) is 0 Å². The van der Waals surface area contributed by atoms with E-state index in [1.165, 1.54) is 0 Å². The number of aromatic hydroxyl groups is 2. The van der Waals surface area contributed by atoms with Crippen molar-refractivity contribution in [3.05, 3.63) is 53.6 Å². The van der Waals surface area contributed by atoms with Crippen molar-refractivity contribution >= 4 is 10.0 Å².